The largest absolute Gasteiger partial charge is 0.489 e. The van der Waals surface area contributed by atoms with Crippen molar-refractivity contribution in [1.29, 1.82) is 0 Å². The third-order valence-corrected chi connectivity index (χ3v) is 5.58. The fourth-order valence-corrected chi connectivity index (χ4v) is 3.91. The lowest BCUT2D eigenvalue weighted by atomic mass is 9.87. The predicted molar refractivity (Wildman–Crippen MR) is 119 cm³/mol. The average molecular weight is 422 g/mol. The SMILES string of the molecule is CCCc1nc2c(c(=O)n1S)C(c1ccc(OCc3ccccc3)cc1)CC(=O)N2. The van der Waals surface area contributed by atoms with Crippen LogP contribution in [-0.2, 0) is 17.8 Å². The summed E-state index contributed by atoms with van der Waals surface area (Å²) in [5.41, 5.74) is 2.19. The molecular formula is C23H23N3O3S. The van der Waals surface area contributed by atoms with Gasteiger partial charge >= 0.3 is 0 Å². The first-order valence-electron chi connectivity index (χ1n) is 9.98. The molecule has 0 bridgehead atoms. The molecule has 4 rings (SSSR count). The van der Waals surface area contributed by atoms with Crippen LogP contribution in [0, 0.1) is 0 Å². The van der Waals surface area contributed by atoms with E-state index >= 15 is 0 Å². The van der Waals surface area contributed by atoms with E-state index in [1.54, 1.807) is 0 Å². The van der Waals surface area contributed by atoms with Crippen LogP contribution >= 0.6 is 12.8 Å². The molecule has 1 amide bonds. The number of fused-ring (bicyclic) bond motifs is 1. The molecule has 1 atom stereocenters. The molecule has 1 N–H and O–H groups in total. The summed E-state index contributed by atoms with van der Waals surface area (Å²) in [6.07, 6.45) is 1.63. The molecule has 1 aliphatic rings. The van der Waals surface area contributed by atoms with Crippen LogP contribution in [0.1, 0.15) is 48.2 Å². The van der Waals surface area contributed by atoms with E-state index in [-0.39, 0.29) is 23.8 Å². The molecular weight excluding hydrogens is 398 g/mol. The maximum absolute atomic E-state index is 13.0. The molecule has 6 nitrogen and oxygen atoms in total. The van der Waals surface area contributed by atoms with Crippen LogP contribution in [0.5, 0.6) is 5.75 Å². The zero-order valence-electron chi connectivity index (χ0n) is 16.7. The molecule has 0 radical (unpaired) electrons. The number of carbonyl (C=O) groups excluding carboxylic acids is 1. The zero-order valence-corrected chi connectivity index (χ0v) is 17.6. The summed E-state index contributed by atoms with van der Waals surface area (Å²) >= 11 is 4.34. The minimum Gasteiger partial charge on any atom is -0.489 e. The number of benzene rings is 2. The Balaban J connectivity index is 1.61. The fraction of sp³-hybridized carbons (Fsp3) is 0.261. The van der Waals surface area contributed by atoms with Gasteiger partial charge in [0.05, 0.1) is 5.56 Å². The summed E-state index contributed by atoms with van der Waals surface area (Å²) in [6.45, 7) is 2.48. The highest BCUT2D eigenvalue weighted by Crippen LogP contribution is 2.35. The number of nitrogens with one attached hydrogen (secondary N) is 1. The predicted octanol–water partition coefficient (Wildman–Crippen LogP) is 3.94. The van der Waals surface area contributed by atoms with Gasteiger partial charge in [0, 0.05) is 18.8 Å². The smallest absolute Gasteiger partial charge is 0.269 e. The third kappa shape index (κ3) is 4.11. The minimum absolute atomic E-state index is 0.150. The van der Waals surface area contributed by atoms with Crippen molar-refractivity contribution in [3.05, 3.63) is 87.5 Å². The number of ether oxygens (including phenoxy) is 1. The number of carbonyl (C=O) groups is 1. The van der Waals surface area contributed by atoms with E-state index in [1.165, 1.54) is 3.97 Å². The van der Waals surface area contributed by atoms with Gasteiger partial charge in [0.1, 0.15) is 24.0 Å². The number of nitrogens with zero attached hydrogens (tertiary/aromatic N) is 2. The number of thiol groups is 1. The van der Waals surface area contributed by atoms with Crippen LogP contribution in [-0.4, -0.2) is 14.9 Å². The van der Waals surface area contributed by atoms with Crippen LogP contribution in [0.3, 0.4) is 0 Å². The van der Waals surface area contributed by atoms with Crippen molar-refractivity contribution >= 4 is 24.5 Å². The van der Waals surface area contributed by atoms with E-state index in [4.69, 9.17) is 4.74 Å². The number of hydrogen-bond donors (Lipinski definition) is 2. The molecule has 1 aromatic heterocycles. The molecule has 0 aliphatic carbocycles. The molecule has 154 valence electrons. The number of rotatable bonds is 6. The lowest BCUT2D eigenvalue weighted by Gasteiger charge is -2.25. The zero-order chi connectivity index (χ0) is 21.1. The van der Waals surface area contributed by atoms with E-state index in [2.05, 4.69) is 23.1 Å². The van der Waals surface area contributed by atoms with Crippen LogP contribution in [0.2, 0.25) is 0 Å². The topological polar surface area (TPSA) is 73.2 Å². The maximum atomic E-state index is 13.0. The summed E-state index contributed by atoms with van der Waals surface area (Å²) < 4.78 is 7.14. The molecule has 1 unspecified atom stereocenters. The van der Waals surface area contributed by atoms with E-state index in [9.17, 15) is 9.59 Å². The Hall–Kier alpha value is -3.06. The standard InChI is InChI=1S/C23H23N3O3S/c1-2-6-19-24-22-21(23(28)26(19)30)18(13-20(27)25-22)16-9-11-17(12-10-16)29-14-15-7-4-3-5-8-15/h3-5,7-12,18,30H,2,6,13-14H2,1H3,(H,25,27). The van der Waals surface area contributed by atoms with Crippen LogP contribution in [0.25, 0.3) is 0 Å². The molecule has 1 aliphatic heterocycles. The monoisotopic (exact) mass is 421 g/mol. The van der Waals surface area contributed by atoms with Gasteiger partial charge in [0.2, 0.25) is 5.91 Å². The third-order valence-electron chi connectivity index (χ3n) is 5.16. The fourth-order valence-electron chi connectivity index (χ4n) is 3.66. The first kappa shape index (κ1) is 20.2. The van der Waals surface area contributed by atoms with Gasteiger partial charge in [0.25, 0.3) is 5.56 Å². The second-order valence-electron chi connectivity index (χ2n) is 7.31. The van der Waals surface area contributed by atoms with Crippen LogP contribution < -0.4 is 15.6 Å². The van der Waals surface area contributed by atoms with Gasteiger partial charge in [-0.3, -0.25) is 9.59 Å². The Labute approximate surface area is 180 Å². The Morgan fingerprint density at radius 2 is 1.87 bits per heavy atom. The molecule has 7 heteroatoms. The van der Waals surface area contributed by atoms with Crippen molar-refractivity contribution in [1.82, 2.24) is 8.96 Å². The van der Waals surface area contributed by atoms with Crippen molar-refractivity contribution in [2.75, 3.05) is 5.32 Å². The van der Waals surface area contributed by atoms with Gasteiger partial charge in [0.15, 0.2) is 0 Å². The Morgan fingerprint density at radius 1 is 1.13 bits per heavy atom. The summed E-state index contributed by atoms with van der Waals surface area (Å²) in [5.74, 6) is 1.11. The van der Waals surface area contributed by atoms with Crippen molar-refractivity contribution in [3.63, 3.8) is 0 Å². The van der Waals surface area contributed by atoms with Crippen LogP contribution in [0.15, 0.2) is 59.4 Å². The summed E-state index contributed by atoms with van der Waals surface area (Å²) in [5, 5.41) is 2.75. The molecule has 2 aromatic carbocycles. The Morgan fingerprint density at radius 3 is 2.57 bits per heavy atom. The molecule has 0 saturated carbocycles. The first-order valence-corrected chi connectivity index (χ1v) is 10.4. The second kappa shape index (κ2) is 8.75. The van der Waals surface area contributed by atoms with Crippen molar-refractivity contribution in [2.24, 2.45) is 0 Å². The number of aryl methyl sites for hydroxylation is 1. The second-order valence-corrected chi connectivity index (χ2v) is 7.71. The van der Waals surface area contributed by atoms with Gasteiger partial charge in [-0.2, -0.15) is 0 Å². The quantitative estimate of drug-likeness (QED) is 0.592. The van der Waals surface area contributed by atoms with Gasteiger partial charge in [-0.25, -0.2) is 8.96 Å². The lowest BCUT2D eigenvalue weighted by molar-refractivity contribution is -0.116. The van der Waals surface area contributed by atoms with Gasteiger partial charge in [-0.05, 0) is 29.7 Å². The molecule has 0 spiro atoms. The molecule has 2 heterocycles. The number of hydrogen-bond acceptors (Lipinski definition) is 5. The van der Waals surface area contributed by atoms with E-state index in [0.717, 1.165) is 23.3 Å². The summed E-state index contributed by atoms with van der Waals surface area (Å²) in [4.78, 5) is 29.8. The van der Waals surface area contributed by atoms with Crippen molar-refractivity contribution in [2.45, 2.75) is 38.7 Å². The summed E-state index contributed by atoms with van der Waals surface area (Å²) in [7, 11) is 0. The van der Waals surface area contributed by atoms with Gasteiger partial charge < -0.3 is 10.1 Å². The van der Waals surface area contributed by atoms with Gasteiger partial charge in [-0.1, -0.05) is 62.2 Å². The Bertz CT molecular complexity index is 1110. The van der Waals surface area contributed by atoms with Crippen LogP contribution in [0.4, 0.5) is 5.82 Å². The highest BCUT2D eigenvalue weighted by atomic mass is 32.1. The highest BCUT2D eigenvalue weighted by molar-refractivity contribution is 7.78. The minimum atomic E-state index is -0.369. The van der Waals surface area contributed by atoms with Crippen molar-refractivity contribution < 1.29 is 9.53 Å². The van der Waals surface area contributed by atoms with Crippen molar-refractivity contribution in [3.8, 4) is 5.75 Å². The normalized spacial score (nSPS) is 15.4. The molecule has 3 aromatic rings. The number of anilines is 1. The lowest BCUT2D eigenvalue weighted by Crippen LogP contribution is -2.34. The molecule has 30 heavy (non-hydrogen) atoms. The Kier molecular flexibility index (Phi) is 5.90. The van der Waals surface area contributed by atoms with E-state index in [0.29, 0.717) is 30.2 Å². The van der Waals surface area contributed by atoms with E-state index < -0.39 is 0 Å². The first-order chi connectivity index (χ1) is 14.6. The van der Waals surface area contributed by atoms with Gasteiger partial charge in [-0.15, -0.1) is 0 Å². The number of aromatic nitrogens is 2. The average Bonchev–Trinajstić information content (AvgIpc) is 2.76. The summed E-state index contributed by atoms with van der Waals surface area (Å²) in [6, 6.07) is 17.5. The number of amides is 1. The molecule has 0 saturated heterocycles. The molecule has 0 fully saturated rings. The maximum Gasteiger partial charge on any atom is 0.269 e. The van der Waals surface area contributed by atoms with E-state index in [1.807, 2.05) is 61.5 Å². The highest BCUT2D eigenvalue weighted by Gasteiger charge is 2.31.